The van der Waals surface area contributed by atoms with Crippen molar-refractivity contribution in [3.8, 4) is 40.2 Å². The zero-order valence-electron chi connectivity index (χ0n) is 31.2. The average Bonchev–Trinajstić information content (AvgIpc) is 3.60. The molecule has 4 aliphatic rings. The molecule has 4 N–H and O–H groups in total. The molecular weight excluding hydrogens is 684 g/mol. The minimum atomic E-state index is -1.82. The molecule has 1 saturated heterocycles. The van der Waals surface area contributed by atoms with Gasteiger partial charge in [0.15, 0.2) is 11.4 Å². The molecular formula is C45H44O9. The predicted molar refractivity (Wildman–Crippen MR) is 203 cm³/mol. The van der Waals surface area contributed by atoms with Crippen molar-refractivity contribution in [2.24, 2.45) is 5.92 Å². The number of phenolic OH excluding ortho intramolecular Hbond substituents is 4. The van der Waals surface area contributed by atoms with Gasteiger partial charge in [-0.25, -0.2) is 0 Å². The smallest absolute Gasteiger partial charge is 0.275 e. The van der Waals surface area contributed by atoms with Crippen LogP contribution in [0.25, 0.3) is 0 Å². The summed E-state index contributed by atoms with van der Waals surface area (Å²) in [6.07, 6.45) is 6.02. The average molecular weight is 729 g/mol. The van der Waals surface area contributed by atoms with Crippen LogP contribution in [0.4, 0.5) is 0 Å². The van der Waals surface area contributed by atoms with Crippen LogP contribution in [0.15, 0.2) is 95.6 Å². The Hall–Kier alpha value is -5.67. The number of ketones is 1. The summed E-state index contributed by atoms with van der Waals surface area (Å²) in [6.45, 7) is 11.9. The van der Waals surface area contributed by atoms with E-state index in [0.29, 0.717) is 69.7 Å². The van der Waals surface area contributed by atoms with E-state index in [1.54, 1.807) is 48.5 Å². The Morgan fingerprint density at radius 1 is 0.685 bits per heavy atom. The molecule has 1 spiro atoms. The van der Waals surface area contributed by atoms with Crippen molar-refractivity contribution >= 4 is 5.78 Å². The van der Waals surface area contributed by atoms with Gasteiger partial charge in [0, 0.05) is 40.3 Å². The van der Waals surface area contributed by atoms with E-state index < -0.39 is 29.5 Å². The fourth-order valence-corrected chi connectivity index (χ4v) is 8.35. The molecule has 4 aromatic rings. The second kappa shape index (κ2) is 12.7. The summed E-state index contributed by atoms with van der Waals surface area (Å²) in [5.74, 6) is -2.99. The van der Waals surface area contributed by atoms with Gasteiger partial charge >= 0.3 is 0 Å². The fourth-order valence-electron chi connectivity index (χ4n) is 8.35. The van der Waals surface area contributed by atoms with Crippen LogP contribution in [-0.2, 0) is 35.4 Å². The number of carbonyl (C=O) groups excluding carboxylic acids is 1. The van der Waals surface area contributed by atoms with Crippen LogP contribution < -0.4 is 14.2 Å². The molecule has 0 unspecified atom stereocenters. The minimum Gasteiger partial charge on any atom is -0.508 e. The molecule has 9 heteroatoms. The van der Waals surface area contributed by atoms with Crippen LogP contribution in [0.3, 0.4) is 0 Å². The number of fused-ring (bicyclic) bond motifs is 6. The van der Waals surface area contributed by atoms with Crippen LogP contribution in [0.1, 0.15) is 91.2 Å². The summed E-state index contributed by atoms with van der Waals surface area (Å²) in [7, 11) is 0. The first kappa shape index (κ1) is 35.4. The van der Waals surface area contributed by atoms with Crippen molar-refractivity contribution in [3.05, 3.63) is 135 Å². The topological polar surface area (TPSA) is 135 Å². The summed E-state index contributed by atoms with van der Waals surface area (Å²) in [4.78, 5) is 15.5. The van der Waals surface area contributed by atoms with Crippen molar-refractivity contribution in [1.82, 2.24) is 0 Å². The summed E-state index contributed by atoms with van der Waals surface area (Å²) in [6, 6.07) is 16.4. The Labute approximate surface area is 314 Å². The fraction of sp³-hybridized carbons (Fsp3) is 0.311. The quantitative estimate of drug-likeness (QED) is 0.138. The minimum absolute atomic E-state index is 0.0212. The van der Waals surface area contributed by atoms with Crippen LogP contribution in [0, 0.1) is 5.92 Å². The van der Waals surface area contributed by atoms with E-state index in [4.69, 9.17) is 18.9 Å². The van der Waals surface area contributed by atoms with Crippen LogP contribution in [0.2, 0.25) is 0 Å². The highest BCUT2D eigenvalue weighted by atomic mass is 16.8. The third kappa shape index (κ3) is 5.36. The van der Waals surface area contributed by atoms with E-state index in [1.807, 2.05) is 59.8 Å². The highest BCUT2D eigenvalue weighted by Crippen LogP contribution is 2.71. The second-order valence-corrected chi connectivity index (χ2v) is 15.5. The van der Waals surface area contributed by atoms with E-state index in [0.717, 1.165) is 16.7 Å². The lowest BCUT2D eigenvalue weighted by Gasteiger charge is -2.40. The summed E-state index contributed by atoms with van der Waals surface area (Å²) >= 11 is 0. The molecule has 0 radical (unpaired) electrons. The van der Waals surface area contributed by atoms with Crippen molar-refractivity contribution < 1.29 is 44.2 Å². The van der Waals surface area contributed by atoms with Gasteiger partial charge in [-0.05, 0) is 114 Å². The number of benzene rings is 4. The lowest BCUT2D eigenvalue weighted by Crippen LogP contribution is -2.49. The van der Waals surface area contributed by atoms with Gasteiger partial charge in [-0.1, -0.05) is 41.0 Å². The first-order chi connectivity index (χ1) is 25.7. The maximum Gasteiger partial charge on any atom is 0.275 e. The largest absolute Gasteiger partial charge is 0.508 e. The number of hydrogen-bond donors (Lipinski definition) is 4. The molecule has 0 aliphatic carbocycles. The zero-order valence-corrected chi connectivity index (χ0v) is 31.2. The number of ether oxygens (including phenoxy) is 4. The van der Waals surface area contributed by atoms with E-state index in [1.165, 1.54) is 12.1 Å². The van der Waals surface area contributed by atoms with E-state index in [2.05, 4.69) is 0 Å². The molecule has 4 heterocycles. The first-order valence-electron chi connectivity index (χ1n) is 18.3. The number of carbonyl (C=O) groups is 1. The molecule has 0 aromatic heterocycles. The normalized spacial score (nSPS) is 23.9. The van der Waals surface area contributed by atoms with Crippen molar-refractivity contribution in [3.63, 3.8) is 0 Å². The number of rotatable bonds is 7. The van der Waals surface area contributed by atoms with Gasteiger partial charge in [0.25, 0.3) is 6.29 Å². The third-order valence-corrected chi connectivity index (χ3v) is 11.0. The molecule has 4 aliphatic heterocycles. The van der Waals surface area contributed by atoms with Gasteiger partial charge in [-0.15, -0.1) is 0 Å². The lowest BCUT2D eigenvalue weighted by molar-refractivity contribution is -0.268. The molecule has 8 rings (SSSR count). The molecule has 54 heavy (non-hydrogen) atoms. The summed E-state index contributed by atoms with van der Waals surface area (Å²) in [5.41, 5.74) is 5.38. The molecule has 0 saturated carbocycles. The Bertz CT molecular complexity index is 2320. The molecule has 4 aromatic carbocycles. The Kier molecular flexibility index (Phi) is 8.34. The Balaban J connectivity index is 1.42. The van der Waals surface area contributed by atoms with Crippen LogP contribution in [-0.4, -0.2) is 32.5 Å². The van der Waals surface area contributed by atoms with Crippen molar-refractivity contribution in [2.45, 2.75) is 84.4 Å². The lowest BCUT2D eigenvalue weighted by atomic mass is 9.66. The van der Waals surface area contributed by atoms with E-state index in [-0.39, 0.29) is 34.5 Å². The second-order valence-electron chi connectivity index (χ2n) is 15.5. The Morgan fingerprint density at radius 3 is 2.06 bits per heavy atom. The monoisotopic (exact) mass is 728 g/mol. The third-order valence-electron chi connectivity index (χ3n) is 11.0. The maximum atomic E-state index is 15.5. The number of hydrogen-bond acceptors (Lipinski definition) is 9. The number of allylic oxidation sites excluding steroid dienone is 6. The van der Waals surface area contributed by atoms with E-state index in [9.17, 15) is 20.4 Å². The number of aromatic hydroxyl groups is 4. The van der Waals surface area contributed by atoms with Gasteiger partial charge in [-0.3, -0.25) is 4.79 Å². The molecule has 0 amide bonds. The van der Waals surface area contributed by atoms with E-state index >= 15 is 4.79 Å². The molecule has 278 valence electrons. The summed E-state index contributed by atoms with van der Waals surface area (Å²) in [5, 5.41) is 44.1. The van der Waals surface area contributed by atoms with Gasteiger partial charge in [-0.2, -0.15) is 0 Å². The highest BCUT2D eigenvalue weighted by molar-refractivity contribution is 6.03. The van der Waals surface area contributed by atoms with Gasteiger partial charge in [0.1, 0.15) is 46.2 Å². The molecule has 9 nitrogen and oxygen atoms in total. The highest BCUT2D eigenvalue weighted by Gasteiger charge is 2.77. The molecule has 5 atom stereocenters. The standard InChI is InChI=1S/C45H44O9/c1-23(2)7-10-26-19-28(12-17-34(26)47)45-40(41(50)32-20-27(11-8-24(3)4)36(49)22-38(32)53-45)39-31-15-13-29(46)21-37(31)51-43-44(39,54-45)33-16-18-35(48)30(42(33)52-43)14-9-25(5)6/h7-9,12-13,15-22,39-40,43,46-49H,10-11,14H2,1-6H3/t39-,40+,43-,44-,45+/m0/s1. The van der Waals surface area contributed by atoms with Crippen LogP contribution in [0.5, 0.6) is 40.2 Å². The predicted octanol–water partition coefficient (Wildman–Crippen LogP) is 8.90. The van der Waals surface area contributed by atoms with Crippen molar-refractivity contribution in [1.29, 1.82) is 0 Å². The summed E-state index contributed by atoms with van der Waals surface area (Å²) < 4.78 is 27.7. The zero-order chi connectivity index (χ0) is 38.3. The van der Waals surface area contributed by atoms with Crippen molar-refractivity contribution in [2.75, 3.05) is 0 Å². The first-order valence-corrected chi connectivity index (χ1v) is 18.3. The van der Waals surface area contributed by atoms with Gasteiger partial charge in [0.2, 0.25) is 5.79 Å². The SMILES string of the molecule is CC(C)=CCc1cc([C@]23Oc4cc(O)c(CC=C(C)C)cc4C(=O)[C@H]2[C@@H]2c4ccc(O)cc4O[C@H]4Oc5c(ccc(O)c5CC=C(C)C)[C@@]42O3)ccc1O. The molecule has 1 fully saturated rings. The number of Topliss-reactive ketones (excluding diaryl/α,β-unsaturated/α-hetero) is 1. The number of phenols is 4. The maximum absolute atomic E-state index is 15.5. The molecule has 0 bridgehead atoms. The van der Waals surface area contributed by atoms with Crippen LogP contribution >= 0.6 is 0 Å². The van der Waals surface area contributed by atoms with Gasteiger partial charge < -0.3 is 39.4 Å². The Morgan fingerprint density at radius 2 is 1.35 bits per heavy atom. The van der Waals surface area contributed by atoms with Gasteiger partial charge in [0.05, 0.1) is 5.56 Å².